The van der Waals surface area contributed by atoms with Crippen LogP contribution in [0.4, 0.5) is 0 Å². The van der Waals surface area contributed by atoms with Gasteiger partial charge in [-0.15, -0.1) is 0 Å². The van der Waals surface area contributed by atoms with Gasteiger partial charge in [0, 0.05) is 12.7 Å². The fraction of sp³-hybridized carbons (Fsp3) is 0.615. The Balaban J connectivity index is 0.00000121. The van der Waals surface area contributed by atoms with Crippen molar-refractivity contribution in [2.24, 2.45) is 0 Å². The van der Waals surface area contributed by atoms with Gasteiger partial charge < -0.3 is 5.11 Å². The third-order valence-electron chi connectivity index (χ3n) is 2.02. The first-order chi connectivity index (χ1) is 8.33. The molecule has 0 bridgehead atoms. The van der Waals surface area contributed by atoms with Gasteiger partial charge in [-0.1, -0.05) is 39.7 Å². The first-order valence-electron chi connectivity index (χ1n) is 6.31. The van der Waals surface area contributed by atoms with Crippen LogP contribution < -0.4 is 4.72 Å². The van der Waals surface area contributed by atoms with Gasteiger partial charge in [-0.2, -0.15) is 0 Å². The molecule has 1 atom stereocenters. The van der Waals surface area contributed by atoms with Crippen LogP contribution in [0.15, 0.2) is 29.4 Å². The van der Waals surface area contributed by atoms with Crippen LogP contribution in [-0.2, 0) is 0 Å². The Hall–Kier alpha value is -0.580. The number of aromatic nitrogens is 1. The number of rotatable bonds is 7. The number of pyridine rings is 1. The van der Waals surface area contributed by atoms with Crippen LogP contribution in [0.1, 0.15) is 40.0 Å². The summed E-state index contributed by atoms with van der Waals surface area (Å²) in [5.41, 5.74) is 0. The first-order valence-corrected chi connectivity index (χ1v) is 7.13. The van der Waals surface area contributed by atoms with E-state index in [-0.39, 0.29) is 6.10 Å². The SMILES string of the molecule is CC.CCCCC(O)CNSc1ccccn1. The minimum atomic E-state index is -0.249. The molecule has 0 fully saturated rings. The summed E-state index contributed by atoms with van der Waals surface area (Å²) >= 11 is 1.46. The van der Waals surface area contributed by atoms with E-state index in [4.69, 9.17) is 0 Å². The molecule has 0 radical (unpaired) electrons. The van der Waals surface area contributed by atoms with Gasteiger partial charge >= 0.3 is 0 Å². The average Bonchev–Trinajstić information content (AvgIpc) is 2.40. The van der Waals surface area contributed by atoms with E-state index in [2.05, 4.69) is 16.6 Å². The summed E-state index contributed by atoms with van der Waals surface area (Å²) in [7, 11) is 0. The topological polar surface area (TPSA) is 45.1 Å². The first kappa shape index (κ1) is 16.4. The predicted molar refractivity (Wildman–Crippen MR) is 75.0 cm³/mol. The van der Waals surface area contributed by atoms with Crippen molar-refractivity contribution in [2.45, 2.75) is 51.2 Å². The molecule has 0 aliphatic rings. The maximum atomic E-state index is 9.56. The number of aliphatic hydroxyl groups excluding tert-OH is 1. The zero-order valence-electron chi connectivity index (χ0n) is 11.0. The molecular weight excluding hydrogens is 232 g/mol. The zero-order chi connectivity index (χ0) is 12.9. The Labute approximate surface area is 109 Å². The van der Waals surface area contributed by atoms with Gasteiger partial charge in [0.1, 0.15) is 5.03 Å². The summed E-state index contributed by atoms with van der Waals surface area (Å²) in [5.74, 6) is 0. The highest BCUT2D eigenvalue weighted by Gasteiger charge is 2.02. The highest BCUT2D eigenvalue weighted by atomic mass is 32.2. The van der Waals surface area contributed by atoms with Gasteiger partial charge in [0.15, 0.2) is 0 Å². The molecule has 1 aromatic heterocycles. The Morgan fingerprint density at radius 2 is 2.18 bits per heavy atom. The van der Waals surface area contributed by atoms with E-state index >= 15 is 0 Å². The number of aliphatic hydroxyl groups is 1. The lowest BCUT2D eigenvalue weighted by atomic mass is 10.2. The van der Waals surface area contributed by atoms with Crippen LogP contribution in [0.25, 0.3) is 0 Å². The maximum Gasteiger partial charge on any atom is 0.111 e. The van der Waals surface area contributed by atoms with Crippen molar-refractivity contribution in [3.05, 3.63) is 24.4 Å². The number of hydrogen-bond donors (Lipinski definition) is 2. The van der Waals surface area contributed by atoms with Crippen molar-refractivity contribution >= 4 is 11.9 Å². The van der Waals surface area contributed by atoms with Crippen LogP contribution in [0.2, 0.25) is 0 Å². The molecule has 17 heavy (non-hydrogen) atoms. The number of nitrogens with one attached hydrogen (secondary N) is 1. The molecule has 98 valence electrons. The van der Waals surface area contributed by atoms with E-state index in [1.54, 1.807) is 6.20 Å². The van der Waals surface area contributed by atoms with E-state index in [9.17, 15) is 5.11 Å². The Morgan fingerprint density at radius 3 is 2.76 bits per heavy atom. The normalized spacial score (nSPS) is 11.5. The number of hydrogen-bond acceptors (Lipinski definition) is 4. The molecule has 0 saturated carbocycles. The Morgan fingerprint density at radius 1 is 1.41 bits per heavy atom. The van der Waals surface area contributed by atoms with Crippen molar-refractivity contribution in [2.75, 3.05) is 6.54 Å². The van der Waals surface area contributed by atoms with E-state index in [1.165, 1.54) is 11.9 Å². The minimum Gasteiger partial charge on any atom is -0.392 e. The van der Waals surface area contributed by atoms with Gasteiger partial charge in [0.25, 0.3) is 0 Å². The standard InChI is InChI=1S/C11H18N2OS.C2H6/c1-2-3-6-10(14)9-13-15-11-7-4-5-8-12-11;1-2/h4-5,7-8,10,13-14H,2-3,6,9H2,1H3;1-2H3. The molecule has 0 aliphatic heterocycles. The van der Waals surface area contributed by atoms with Crippen LogP contribution in [0, 0.1) is 0 Å². The van der Waals surface area contributed by atoms with Gasteiger partial charge in [-0.05, 0) is 30.5 Å². The van der Waals surface area contributed by atoms with Crippen LogP contribution in [0.5, 0.6) is 0 Å². The molecular formula is C13H24N2OS. The third-order valence-corrected chi connectivity index (χ3v) is 2.79. The molecule has 0 aliphatic carbocycles. The number of unbranched alkanes of at least 4 members (excludes halogenated alkanes) is 1. The van der Waals surface area contributed by atoms with Gasteiger partial charge in [0.2, 0.25) is 0 Å². The van der Waals surface area contributed by atoms with E-state index in [0.29, 0.717) is 6.54 Å². The second-order valence-electron chi connectivity index (χ2n) is 3.41. The van der Waals surface area contributed by atoms with Crippen molar-refractivity contribution in [3.63, 3.8) is 0 Å². The Kier molecular flexibility index (Phi) is 11.5. The lowest BCUT2D eigenvalue weighted by molar-refractivity contribution is 0.166. The summed E-state index contributed by atoms with van der Waals surface area (Å²) in [6, 6.07) is 5.78. The molecule has 4 heteroatoms. The highest BCUT2D eigenvalue weighted by molar-refractivity contribution is 7.97. The van der Waals surface area contributed by atoms with Crippen molar-refractivity contribution < 1.29 is 5.11 Å². The number of nitrogens with zero attached hydrogens (tertiary/aromatic N) is 1. The molecule has 1 aromatic rings. The lowest BCUT2D eigenvalue weighted by Crippen LogP contribution is -2.21. The van der Waals surface area contributed by atoms with Crippen LogP contribution >= 0.6 is 11.9 Å². The van der Waals surface area contributed by atoms with Gasteiger partial charge in [-0.25, -0.2) is 4.98 Å². The van der Waals surface area contributed by atoms with Crippen LogP contribution in [0.3, 0.4) is 0 Å². The molecule has 0 amide bonds. The lowest BCUT2D eigenvalue weighted by Gasteiger charge is -2.09. The fourth-order valence-electron chi connectivity index (χ4n) is 1.16. The molecule has 1 heterocycles. The van der Waals surface area contributed by atoms with E-state index in [1.807, 2.05) is 32.0 Å². The third kappa shape index (κ3) is 9.15. The summed E-state index contributed by atoms with van der Waals surface area (Å²) in [6.45, 7) is 6.74. The van der Waals surface area contributed by atoms with E-state index in [0.717, 1.165) is 24.3 Å². The van der Waals surface area contributed by atoms with Crippen molar-refractivity contribution in [3.8, 4) is 0 Å². The Bertz CT molecular complexity index is 257. The smallest absolute Gasteiger partial charge is 0.111 e. The van der Waals surface area contributed by atoms with Gasteiger partial charge in [0.05, 0.1) is 6.10 Å². The summed E-state index contributed by atoms with van der Waals surface area (Å²) in [5, 5.41) is 10.5. The largest absolute Gasteiger partial charge is 0.392 e. The quantitative estimate of drug-likeness (QED) is 0.735. The molecule has 1 rings (SSSR count). The summed E-state index contributed by atoms with van der Waals surface area (Å²) in [4.78, 5) is 4.16. The fourth-order valence-corrected chi connectivity index (χ4v) is 1.84. The monoisotopic (exact) mass is 256 g/mol. The minimum absolute atomic E-state index is 0.249. The zero-order valence-corrected chi connectivity index (χ0v) is 11.8. The van der Waals surface area contributed by atoms with Crippen molar-refractivity contribution in [1.82, 2.24) is 9.71 Å². The van der Waals surface area contributed by atoms with Crippen LogP contribution in [-0.4, -0.2) is 22.7 Å². The van der Waals surface area contributed by atoms with E-state index < -0.39 is 0 Å². The summed E-state index contributed by atoms with van der Waals surface area (Å²) in [6.07, 6.45) is 4.59. The molecule has 1 unspecified atom stereocenters. The summed E-state index contributed by atoms with van der Waals surface area (Å²) < 4.78 is 3.11. The maximum absolute atomic E-state index is 9.56. The molecule has 2 N–H and O–H groups in total. The molecule has 0 spiro atoms. The molecule has 0 saturated heterocycles. The van der Waals surface area contributed by atoms with Crippen molar-refractivity contribution in [1.29, 1.82) is 0 Å². The molecule has 0 aromatic carbocycles. The highest BCUT2D eigenvalue weighted by Crippen LogP contribution is 2.09. The second-order valence-corrected chi connectivity index (χ2v) is 4.33. The average molecular weight is 256 g/mol. The van der Waals surface area contributed by atoms with Gasteiger partial charge in [-0.3, -0.25) is 4.72 Å². The molecule has 3 nitrogen and oxygen atoms in total. The predicted octanol–water partition coefficient (Wildman–Crippen LogP) is 3.26. The second kappa shape index (κ2) is 11.9.